The highest BCUT2D eigenvalue weighted by atomic mass is 33.2. The Morgan fingerprint density at radius 3 is 1.30 bits per heavy atom. The van der Waals surface area contributed by atoms with E-state index < -0.39 is 35.9 Å². The average Bonchev–Trinajstić information content (AvgIpc) is 2.51. The van der Waals surface area contributed by atoms with Gasteiger partial charge in [-0.05, 0) is 49.5 Å². The summed E-state index contributed by atoms with van der Waals surface area (Å²) in [5.74, 6) is 1.42. The van der Waals surface area contributed by atoms with Crippen molar-refractivity contribution in [3.8, 4) is 0 Å². The SMILES string of the molecule is CO[Si](C)(CCC[SH](CCC[Si](C)(OC)OC)S(C)(=O)=O)OC. The lowest BCUT2D eigenvalue weighted by molar-refractivity contribution is 0.249. The molecule has 6 nitrogen and oxygen atoms in total. The van der Waals surface area contributed by atoms with Crippen molar-refractivity contribution >= 4 is 35.9 Å². The van der Waals surface area contributed by atoms with E-state index in [0.717, 1.165) is 24.9 Å². The van der Waals surface area contributed by atoms with Crippen LogP contribution in [0, 0.1) is 0 Å². The zero-order valence-electron chi connectivity index (χ0n) is 15.5. The molecule has 0 unspecified atom stereocenters. The van der Waals surface area contributed by atoms with Crippen LogP contribution in [0.5, 0.6) is 0 Å². The fourth-order valence-corrected chi connectivity index (χ4v) is 10.2. The van der Waals surface area contributed by atoms with Crippen LogP contribution in [0.2, 0.25) is 25.2 Å². The van der Waals surface area contributed by atoms with Crippen molar-refractivity contribution in [2.75, 3.05) is 46.2 Å². The highest BCUT2D eigenvalue weighted by Gasteiger charge is 2.30. The maximum absolute atomic E-state index is 12.0. The Kier molecular flexibility index (Phi) is 10.8. The van der Waals surface area contributed by atoms with E-state index in [-0.39, 0.29) is 0 Å². The molecular weight excluding hydrogens is 372 g/mol. The zero-order chi connectivity index (χ0) is 18.1. The lowest BCUT2D eigenvalue weighted by atomic mass is 10.6. The molecule has 0 radical (unpaired) electrons. The first-order valence-corrected chi connectivity index (χ1v) is 17.0. The van der Waals surface area contributed by atoms with Gasteiger partial charge in [-0.1, -0.05) is 0 Å². The Balaban J connectivity index is 4.51. The van der Waals surface area contributed by atoms with Crippen LogP contribution in [-0.2, 0) is 26.6 Å². The summed E-state index contributed by atoms with van der Waals surface area (Å²) in [4.78, 5) is 0. The van der Waals surface area contributed by atoms with Crippen LogP contribution < -0.4 is 0 Å². The van der Waals surface area contributed by atoms with Crippen LogP contribution >= 0.6 is 9.93 Å². The van der Waals surface area contributed by atoms with Gasteiger partial charge < -0.3 is 17.7 Å². The summed E-state index contributed by atoms with van der Waals surface area (Å²) in [5.41, 5.74) is 0. The zero-order valence-corrected chi connectivity index (χ0v) is 19.3. The monoisotopic (exact) mass is 406 g/mol. The van der Waals surface area contributed by atoms with Gasteiger partial charge in [0.15, 0.2) is 8.87 Å². The predicted molar refractivity (Wildman–Crippen MR) is 104 cm³/mol. The van der Waals surface area contributed by atoms with Gasteiger partial charge in [0.2, 0.25) is 0 Å². The molecule has 0 heterocycles. The highest BCUT2D eigenvalue weighted by molar-refractivity contribution is 8.80. The maximum atomic E-state index is 12.0. The van der Waals surface area contributed by atoms with Crippen LogP contribution in [0.1, 0.15) is 12.8 Å². The number of rotatable bonds is 13. The standard InChI is InChI=1S/C13H34O6S2Si2/c1-16-22(6,17-2)12-8-10-20(21(5,14)15)11-9-13-23(7,18-3)19-4/h20H,8-13H2,1-7H3. The highest BCUT2D eigenvalue weighted by Crippen LogP contribution is 2.36. The fraction of sp³-hybridized carbons (Fsp3) is 1.00. The van der Waals surface area contributed by atoms with E-state index in [4.69, 9.17) is 17.7 Å². The van der Waals surface area contributed by atoms with E-state index in [0.29, 0.717) is 11.5 Å². The minimum absolute atomic E-state index is 0.710. The first kappa shape index (κ1) is 23.6. The summed E-state index contributed by atoms with van der Waals surface area (Å²) in [5, 5.41) is 0. The van der Waals surface area contributed by atoms with Gasteiger partial charge in [-0.25, -0.2) is 8.42 Å². The normalized spacial score (nSPS) is 14.1. The van der Waals surface area contributed by atoms with Crippen molar-refractivity contribution < 1.29 is 26.1 Å². The summed E-state index contributed by atoms with van der Waals surface area (Å²) in [6, 6.07) is 1.63. The van der Waals surface area contributed by atoms with Gasteiger partial charge in [0, 0.05) is 34.7 Å². The van der Waals surface area contributed by atoms with Crippen LogP contribution in [0.3, 0.4) is 0 Å². The molecule has 0 aliphatic heterocycles. The third kappa shape index (κ3) is 9.01. The summed E-state index contributed by atoms with van der Waals surface area (Å²) in [6.07, 6.45) is 3.00. The molecule has 0 amide bonds. The number of hydrogen-bond donors (Lipinski definition) is 1. The van der Waals surface area contributed by atoms with E-state index in [1.165, 1.54) is 6.26 Å². The largest absolute Gasteiger partial charge is 0.398 e. The smallest absolute Gasteiger partial charge is 0.334 e. The molecule has 0 saturated heterocycles. The van der Waals surface area contributed by atoms with Crippen LogP contribution in [0.15, 0.2) is 0 Å². The van der Waals surface area contributed by atoms with Crippen LogP contribution in [0.25, 0.3) is 0 Å². The molecule has 23 heavy (non-hydrogen) atoms. The van der Waals surface area contributed by atoms with E-state index in [1.54, 1.807) is 28.4 Å². The Morgan fingerprint density at radius 1 is 0.783 bits per heavy atom. The van der Waals surface area contributed by atoms with Crippen molar-refractivity contribution in [3.05, 3.63) is 0 Å². The average molecular weight is 407 g/mol. The van der Waals surface area contributed by atoms with Crippen molar-refractivity contribution in [1.29, 1.82) is 0 Å². The van der Waals surface area contributed by atoms with Gasteiger partial charge in [-0.3, -0.25) is 0 Å². The summed E-state index contributed by atoms with van der Waals surface area (Å²) < 4.78 is 45.9. The lowest BCUT2D eigenvalue weighted by Gasteiger charge is -2.26. The molecule has 142 valence electrons. The van der Waals surface area contributed by atoms with Gasteiger partial charge in [-0.15, -0.1) is 0 Å². The molecular formula is C13H34O6S2Si2. The fourth-order valence-electron chi connectivity index (χ4n) is 2.17. The third-order valence-electron chi connectivity index (χ3n) is 4.27. The Labute approximate surface area is 146 Å². The predicted octanol–water partition coefficient (Wildman–Crippen LogP) is 2.46. The van der Waals surface area contributed by atoms with Crippen LogP contribution in [-0.4, -0.2) is 71.7 Å². The van der Waals surface area contributed by atoms with Crippen molar-refractivity contribution in [2.45, 2.75) is 38.0 Å². The van der Waals surface area contributed by atoms with E-state index in [1.807, 2.05) is 13.1 Å². The van der Waals surface area contributed by atoms with Crippen LogP contribution in [0.4, 0.5) is 0 Å². The van der Waals surface area contributed by atoms with Gasteiger partial charge in [0.1, 0.15) is 0 Å². The molecule has 0 aliphatic rings. The summed E-state index contributed by atoms with van der Waals surface area (Å²) >= 11 is 0. The molecule has 0 bridgehead atoms. The summed E-state index contributed by atoms with van der Waals surface area (Å²) in [7, 11) is -1.60. The molecule has 0 rings (SSSR count). The van der Waals surface area contributed by atoms with Crippen molar-refractivity contribution in [2.24, 2.45) is 0 Å². The second-order valence-electron chi connectivity index (χ2n) is 5.95. The number of thiol groups is 1. The first-order valence-electron chi connectivity index (χ1n) is 7.71. The molecule has 10 heteroatoms. The molecule has 0 atom stereocenters. The Morgan fingerprint density at radius 2 is 1.09 bits per heavy atom. The van der Waals surface area contributed by atoms with E-state index in [9.17, 15) is 8.42 Å². The van der Waals surface area contributed by atoms with Gasteiger partial charge in [0.25, 0.3) is 0 Å². The van der Waals surface area contributed by atoms with Gasteiger partial charge in [0.05, 0.1) is 0 Å². The number of hydrogen-bond acceptors (Lipinski definition) is 6. The van der Waals surface area contributed by atoms with Crippen molar-refractivity contribution in [3.63, 3.8) is 0 Å². The molecule has 0 aromatic rings. The second kappa shape index (κ2) is 10.5. The Bertz CT molecular complexity index is 400. The molecule has 0 spiro atoms. The van der Waals surface area contributed by atoms with Gasteiger partial charge in [-0.2, -0.15) is 9.93 Å². The third-order valence-corrected chi connectivity index (χ3v) is 16.7. The maximum Gasteiger partial charge on any atom is 0.334 e. The van der Waals surface area contributed by atoms with E-state index >= 15 is 0 Å². The lowest BCUT2D eigenvalue weighted by Crippen LogP contribution is -2.36. The second-order valence-corrected chi connectivity index (χ2v) is 20.0. The molecule has 0 saturated carbocycles. The molecule has 0 fully saturated rings. The minimum atomic E-state index is -2.99. The minimum Gasteiger partial charge on any atom is -0.398 e. The van der Waals surface area contributed by atoms with Crippen molar-refractivity contribution in [1.82, 2.24) is 0 Å². The Hall–Kier alpha value is 0.574. The summed E-state index contributed by atoms with van der Waals surface area (Å²) in [6.45, 7) is 4.01. The van der Waals surface area contributed by atoms with E-state index in [2.05, 4.69) is 0 Å². The molecule has 0 aromatic heterocycles. The van der Waals surface area contributed by atoms with Gasteiger partial charge >= 0.3 is 17.1 Å². The first-order chi connectivity index (χ1) is 10.6. The topological polar surface area (TPSA) is 71.1 Å². The molecule has 0 N–H and O–H groups in total. The quantitative estimate of drug-likeness (QED) is 0.288. The molecule has 0 aromatic carbocycles. The molecule has 0 aliphatic carbocycles.